The SMILES string of the molecule is Cn1cc(CCC2CC(C(F)(F)F)CCN2)cn1. The molecule has 6 heteroatoms. The van der Waals surface area contributed by atoms with Gasteiger partial charge in [0.1, 0.15) is 0 Å². The minimum atomic E-state index is -4.05. The van der Waals surface area contributed by atoms with Gasteiger partial charge < -0.3 is 5.32 Å². The lowest BCUT2D eigenvalue weighted by atomic mass is 9.89. The molecule has 0 aliphatic carbocycles. The number of aromatic nitrogens is 2. The average molecular weight is 261 g/mol. The van der Waals surface area contributed by atoms with Gasteiger partial charge in [0.25, 0.3) is 0 Å². The van der Waals surface area contributed by atoms with E-state index < -0.39 is 12.1 Å². The minimum absolute atomic E-state index is 0.0365. The third-order valence-corrected chi connectivity index (χ3v) is 3.50. The van der Waals surface area contributed by atoms with Crippen LogP contribution in [-0.4, -0.2) is 28.5 Å². The predicted octanol–water partition coefficient (Wildman–Crippen LogP) is 2.28. The van der Waals surface area contributed by atoms with Crippen LogP contribution in [-0.2, 0) is 13.5 Å². The highest BCUT2D eigenvalue weighted by atomic mass is 19.4. The lowest BCUT2D eigenvalue weighted by Gasteiger charge is -2.31. The Kier molecular flexibility index (Phi) is 3.94. The molecule has 0 bridgehead atoms. The van der Waals surface area contributed by atoms with Gasteiger partial charge in [0.05, 0.1) is 12.1 Å². The van der Waals surface area contributed by atoms with Crippen molar-refractivity contribution in [3.63, 3.8) is 0 Å². The normalized spacial score (nSPS) is 25.3. The molecule has 1 aromatic heterocycles. The molecule has 2 atom stereocenters. The Morgan fingerprint density at radius 3 is 2.89 bits per heavy atom. The van der Waals surface area contributed by atoms with Crippen LogP contribution in [0.1, 0.15) is 24.8 Å². The summed E-state index contributed by atoms with van der Waals surface area (Å²) in [6.07, 6.45) is 1.54. The highest BCUT2D eigenvalue weighted by Gasteiger charge is 2.41. The second kappa shape index (κ2) is 5.30. The van der Waals surface area contributed by atoms with Crippen LogP contribution in [0.15, 0.2) is 12.4 Å². The smallest absolute Gasteiger partial charge is 0.314 e. The van der Waals surface area contributed by atoms with Crippen molar-refractivity contribution in [3.8, 4) is 0 Å². The Labute approximate surface area is 104 Å². The van der Waals surface area contributed by atoms with Gasteiger partial charge in [0, 0.05) is 19.3 Å². The van der Waals surface area contributed by atoms with E-state index in [1.165, 1.54) is 0 Å². The van der Waals surface area contributed by atoms with E-state index in [2.05, 4.69) is 10.4 Å². The monoisotopic (exact) mass is 261 g/mol. The van der Waals surface area contributed by atoms with Gasteiger partial charge in [-0.3, -0.25) is 4.68 Å². The van der Waals surface area contributed by atoms with Crippen LogP contribution in [0, 0.1) is 5.92 Å². The molecule has 2 rings (SSSR count). The van der Waals surface area contributed by atoms with E-state index in [4.69, 9.17) is 0 Å². The summed E-state index contributed by atoms with van der Waals surface area (Å²) >= 11 is 0. The molecule has 1 aromatic rings. The fourth-order valence-electron chi connectivity index (χ4n) is 2.47. The maximum atomic E-state index is 12.6. The molecule has 1 N–H and O–H groups in total. The van der Waals surface area contributed by atoms with Gasteiger partial charge in [0.15, 0.2) is 0 Å². The summed E-state index contributed by atoms with van der Waals surface area (Å²) in [4.78, 5) is 0. The first-order valence-corrected chi connectivity index (χ1v) is 6.23. The molecule has 18 heavy (non-hydrogen) atoms. The number of nitrogens with one attached hydrogen (secondary N) is 1. The van der Waals surface area contributed by atoms with Gasteiger partial charge in [0.2, 0.25) is 0 Å². The molecule has 3 nitrogen and oxygen atoms in total. The molecular weight excluding hydrogens is 243 g/mol. The third-order valence-electron chi connectivity index (χ3n) is 3.50. The number of nitrogens with zero attached hydrogens (tertiary/aromatic N) is 2. The first-order valence-electron chi connectivity index (χ1n) is 6.23. The molecule has 102 valence electrons. The van der Waals surface area contributed by atoms with Crippen LogP contribution in [0.4, 0.5) is 13.2 Å². The van der Waals surface area contributed by atoms with Crippen LogP contribution in [0.5, 0.6) is 0 Å². The van der Waals surface area contributed by atoms with Crippen LogP contribution in [0.2, 0.25) is 0 Å². The molecule has 1 aliphatic heterocycles. The molecule has 2 heterocycles. The molecule has 1 saturated heterocycles. The molecule has 0 saturated carbocycles. The molecular formula is C12H18F3N3. The van der Waals surface area contributed by atoms with Gasteiger partial charge in [-0.1, -0.05) is 0 Å². The van der Waals surface area contributed by atoms with E-state index >= 15 is 0 Å². The molecule has 1 fully saturated rings. The average Bonchev–Trinajstić information content (AvgIpc) is 2.72. The first kappa shape index (κ1) is 13.4. The highest BCUT2D eigenvalue weighted by Crippen LogP contribution is 2.34. The lowest BCUT2D eigenvalue weighted by molar-refractivity contribution is -0.183. The third kappa shape index (κ3) is 3.48. The second-order valence-electron chi connectivity index (χ2n) is 4.97. The number of hydrogen-bond acceptors (Lipinski definition) is 2. The zero-order valence-corrected chi connectivity index (χ0v) is 10.4. The summed E-state index contributed by atoms with van der Waals surface area (Å²) in [6, 6.07) is -0.0365. The lowest BCUT2D eigenvalue weighted by Crippen LogP contribution is -2.42. The molecule has 2 unspecified atom stereocenters. The summed E-state index contributed by atoms with van der Waals surface area (Å²) in [5, 5.41) is 7.22. The van der Waals surface area contributed by atoms with Crippen LogP contribution >= 0.6 is 0 Å². The fourth-order valence-corrected chi connectivity index (χ4v) is 2.47. The molecule has 0 spiro atoms. The predicted molar refractivity (Wildman–Crippen MR) is 62.1 cm³/mol. The van der Waals surface area contributed by atoms with E-state index in [0.29, 0.717) is 6.54 Å². The summed E-state index contributed by atoms with van der Waals surface area (Å²) in [5.41, 5.74) is 1.08. The first-order chi connectivity index (χ1) is 8.45. The van der Waals surface area contributed by atoms with Crippen LogP contribution in [0.25, 0.3) is 0 Å². The van der Waals surface area contributed by atoms with Crippen molar-refractivity contribution in [3.05, 3.63) is 18.0 Å². The van der Waals surface area contributed by atoms with E-state index in [9.17, 15) is 13.2 Å². The standard InChI is InChI=1S/C12H18F3N3/c1-18-8-9(7-17-18)2-3-11-6-10(4-5-16-11)12(13,14)15/h7-8,10-11,16H,2-6H2,1H3. The molecule has 0 radical (unpaired) electrons. The topological polar surface area (TPSA) is 29.9 Å². The van der Waals surface area contributed by atoms with Gasteiger partial charge in [-0.25, -0.2) is 0 Å². The Morgan fingerprint density at radius 2 is 2.28 bits per heavy atom. The Morgan fingerprint density at radius 1 is 1.50 bits per heavy atom. The number of hydrogen-bond donors (Lipinski definition) is 1. The van der Waals surface area contributed by atoms with Crippen molar-refractivity contribution in [2.75, 3.05) is 6.54 Å². The van der Waals surface area contributed by atoms with E-state index in [0.717, 1.165) is 18.4 Å². The zero-order valence-electron chi connectivity index (χ0n) is 10.4. The van der Waals surface area contributed by atoms with Crippen molar-refractivity contribution < 1.29 is 13.2 Å². The maximum Gasteiger partial charge on any atom is 0.391 e. The highest BCUT2D eigenvalue weighted by molar-refractivity contribution is 5.04. The Balaban J connectivity index is 1.83. The number of aryl methyl sites for hydroxylation is 2. The molecule has 0 aromatic carbocycles. The number of alkyl halides is 3. The van der Waals surface area contributed by atoms with Gasteiger partial charge in [-0.05, 0) is 37.8 Å². The summed E-state index contributed by atoms with van der Waals surface area (Å²) in [6.45, 7) is 0.460. The quantitative estimate of drug-likeness (QED) is 0.904. The van der Waals surface area contributed by atoms with Gasteiger partial charge >= 0.3 is 6.18 Å². The summed E-state index contributed by atoms with van der Waals surface area (Å²) in [7, 11) is 1.84. The van der Waals surface area contributed by atoms with Gasteiger partial charge in [-0.2, -0.15) is 18.3 Å². The van der Waals surface area contributed by atoms with Crippen molar-refractivity contribution >= 4 is 0 Å². The maximum absolute atomic E-state index is 12.6. The molecule has 0 amide bonds. The summed E-state index contributed by atoms with van der Waals surface area (Å²) < 4.78 is 39.6. The van der Waals surface area contributed by atoms with Crippen molar-refractivity contribution in [1.82, 2.24) is 15.1 Å². The van der Waals surface area contributed by atoms with Crippen LogP contribution in [0.3, 0.4) is 0 Å². The largest absolute Gasteiger partial charge is 0.391 e. The number of rotatable bonds is 3. The van der Waals surface area contributed by atoms with Crippen molar-refractivity contribution in [2.45, 2.75) is 37.9 Å². The van der Waals surface area contributed by atoms with Crippen molar-refractivity contribution in [1.29, 1.82) is 0 Å². The second-order valence-corrected chi connectivity index (χ2v) is 4.97. The Hall–Kier alpha value is -1.04. The van der Waals surface area contributed by atoms with Gasteiger partial charge in [-0.15, -0.1) is 0 Å². The molecule has 1 aliphatic rings. The zero-order chi connectivity index (χ0) is 13.2. The Bertz CT molecular complexity index is 386. The number of piperidine rings is 1. The van der Waals surface area contributed by atoms with Crippen molar-refractivity contribution in [2.24, 2.45) is 13.0 Å². The van der Waals surface area contributed by atoms with Crippen LogP contribution < -0.4 is 5.32 Å². The number of halogens is 3. The van der Waals surface area contributed by atoms with E-state index in [1.54, 1.807) is 10.9 Å². The fraction of sp³-hybridized carbons (Fsp3) is 0.750. The summed E-state index contributed by atoms with van der Waals surface area (Å²) in [5.74, 6) is -1.14. The van der Waals surface area contributed by atoms with E-state index in [1.807, 2.05) is 13.2 Å². The van der Waals surface area contributed by atoms with E-state index in [-0.39, 0.29) is 18.9 Å². The minimum Gasteiger partial charge on any atom is -0.314 e.